The fourth-order valence-electron chi connectivity index (χ4n) is 4.18. The number of rotatable bonds is 4. The van der Waals surface area contributed by atoms with Gasteiger partial charge in [-0.3, -0.25) is 9.89 Å². The van der Waals surface area contributed by atoms with Crippen LogP contribution in [-0.4, -0.2) is 51.8 Å². The number of ether oxygens (including phenoxy) is 1. The standard InChI is InChI=1S/C20H25N3O4S/c1-12-13(2)21-22-15(12)3-4-17(24)23-8-6-20(7-9-23)18-14(5-10-27-20)11-16(28-18)19(25)26/h11H,3-10H2,1-2H3,(H,21,22)(H,25,26). The van der Waals surface area contributed by atoms with E-state index in [-0.39, 0.29) is 5.91 Å². The molecule has 0 unspecified atom stereocenters. The quantitative estimate of drug-likeness (QED) is 0.818. The lowest BCUT2D eigenvalue weighted by Gasteiger charge is -2.43. The molecule has 2 aliphatic rings. The van der Waals surface area contributed by atoms with E-state index in [0.29, 0.717) is 50.3 Å². The average Bonchev–Trinajstić information content (AvgIpc) is 3.26. The zero-order valence-electron chi connectivity index (χ0n) is 16.2. The molecule has 0 atom stereocenters. The summed E-state index contributed by atoms with van der Waals surface area (Å²) in [5.74, 6) is -0.741. The lowest BCUT2D eigenvalue weighted by Crippen LogP contribution is -2.47. The van der Waals surface area contributed by atoms with E-state index in [4.69, 9.17) is 4.74 Å². The number of carbonyl (C=O) groups excluding carboxylic acids is 1. The summed E-state index contributed by atoms with van der Waals surface area (Å²) in [6.07, 6.45) is 3.28. The van der Waals surface area contributed by atoms with Gasteiger partial charge in [0, 0.05) is 36.5 Å². The highest BCUT2D eigenvalue weighted by atomic mass is 32.1. The minimum Gasteiger partial charge on any atom is -0.477 e. The van der Waals surface area contributed by atoms with Crippen LogP contribution in [-0.2, 0) is 28.0 Å². The summed E-state index contributed by atoms with van der Waals surface area (Å²) in [5.41, 5.74) is 3.79. The summed E-state index contributed by atoms with van der Waals surface area (Å²) >= 11 is 1.33. The number of hydrogen-bond donors (Lipinski definition) is 2. The number of aromatic carboxylic acids is 1. The lowest BCUT2D eigenvalue weighted by molar-refractivity contribution is -0.140. The number of nitrogens with one attached hydrogen (secondary N) is 1. The highest BCUT2D eigenvalue weighted by molar-refractivity contribution is 7.14. The lowest BCUT2D eigenvalue weighted by atomic mass is 9.85. The van der Waals surface area contributed by atoms with Gasteiger partial charge in [0.05, 0.1) is 12.3 Å². The van der Waals surface area contributed by atoms with Crippen LogP contribution in [0.25, 0.3) is 0 Å². The third-order valence-corrected chi connectivity index (χ3v) is 7.39. The Kier molecular flexibility index (Phi) is 5.01. The smallest absolute Gasteiger partial charge is 0.345 e. The molecule has 0 saturated carbocycles. The van der Waals surface area contributed by atoms with E-state index in [1.807, 2.05) is 18.7 Å². The number of nitrogens with zero attached hydrogens (tertiary/aromatic N) is 2. The first-order chi connectivity index (χ1) is 13.4. The second-order valence-corrected chi connectivity index (χ2v) is 8.72. The molecule has 7 nitrogen and oxygen atoms in total. The number of thiophene rings is 1. The normalized spacial score (nSPS) is 18.3. The van der Waals surface area contributed by atoms with Crippen molar-refractivity contribution in [3.63, 3.8) is 0 Å². The van der Waals surface area contributed by atoms with Gasteiger partial charge in [-0.05, 0) is 50.3 Å². The maximum absolute atomic E-state index is 12.7. The van der Waals surface area contributed by atoms with Crippen LogP contribution in [0.1, 0.15) is 56.3 Å². The zero-order chi connectivity index (χ0) is 19.9. The average molecular weight is 404 g/mol. The van der Waals surface area contributed by atoms with E-state index < -0.39 is 11.6 Å². The minimum absolute atomic E-state index is 0.142. The van der Waals surface area contributed by atoms with Gasteiger partial charge in [0.1, 0.15) is 10.5 Å². The van der Waals surface area contributed by atoms with Crippen molar-refractivity contribution < 1.29 is 19.4 Å². The van der Waals surface area contributed by atoms with Crippen molar-refractivity contribution in [1.82, 2.24) is 15.1 Å². The van der Waals surface area contributed by atoms with Crippen molar-refractivity contribution in [2.75, 3.05) is 19.7 Å². The molecule has 4 heterocycles. The van der Waals surface area contributed by atoms with Gasteiger partial charge < -0.3 is 14.7 Å². The van der Waals surface area contributed by atoms with Crippen molar-refractivity contribution in [1.29, 1.82) is 0 Å². The number of carbonyl (C=O) groups is 2. The van der Waals surface area contributed by atoms with Crippen LogP contribution >= 0.6 is 11.3 Å². The van der Waals surface area contributed by atoms with E-state index >= 15 is 0 Å². The maximum atomic E-state index is 12.7. The predicted octanol–water partition coefficient (Wildman–Crippen LogP) is 2.81. The zero-order valence-corrected chi connectivity index (χ0v) is 17.0. The molecule has 1 spiro atoms. The summed E-state index contributed by atoms with van der Waals surface area (Å²) in [4.78, 5) is 27.4. The van der Waals surface area contributed by atoms with Crippen LogP contribution in [0.3, 0.4) is 0 Å². The first-order valence-electron chi connectivity index (χ1n) is 9.68. The summed E-state index contributed by atoms with van der Waals surface area (Å²) in [6, 6.07) is 1.79. The van der Waals surface area contributed by atoms with Crippen LogP contribution < -0.4 is 0 Å². The van der Waals surface area contributed by atoms with Gasteiger partial charge in [-0.2, -0.15) is 5.10 Å². The molecule has 0 radical (unpaired) electrons. The number of piperidine rings is 1. The van der Waals surface area contributed by atoms with E-state index in [1.54, 1.807) is 6.07 Å². The van der Waals surface area contributed by atoms with Gasteiger partial charge in [0.15, 0.2) is 0 Å². The summed E-state index contributed by atoms with van der Waals surface area (Å²) in [7, 11) is 0. The number of likely N-dealkylation sites (tertiary alicyclic amines) is 1. The molecule has 150 valence electrons. The number of aromatic nitrogens is 2. The molecule has 0 bridgehead atoms. The van der Waals surface area contributed by atoms with Gasteiger partial charge in [-0.15, -0.1) is 11.3 Å². The summed E-state index contributed by atoms with van der Waals surface area (Å²) < 4.78 is 6.17. The van der Waals surface area contributed by atoms with E-state index in [9.17, 15) is 14.7 Å². The molecular weight excluding hydrogens is 378 g/mol. The van der Waals surface area contributed by atoms with Crippen LogP contribution in [0, 0.1) is 13.8 Å². The topological polar surface area (TPSA) is 95.5 Å². The Labute approximate surface area is 167 Å². The summed E-state index contributed by atoms with van der Waals surface area (Å²) in [5, 5.41) is 16.6. The van der Waals surface area contributed by atoms with Crippen molar-refractivity contribution >= 4 is 23.2 Å². The van der Waals surface area contributed by atoms with Gasteiger partial charge in [0.25, 0.3) is 0 Å². The van der Waals surface area contributed by atoms with Crippen LogP contribution in [0.15, 0.2) is 6.07 Å². The van der Waals surface area contributed by atoms with Gasteiger partial charge in [-0.1, -0.05) is 0 Å². The first-order valence-corrected chi connectivity index (χ1v) is 10.5. The fraction of sp³-hybridized carbons (Fsp3) is 0.550. The molecule has 2 N–H and O–H groups in total. The van der Waals surface area contributed by atoms with E-state index in [1.165, 1.54) is 11.3 Å². The molecule has 1 fully saturated rings. The largest absolute Gasteiger partial charge is 0.477 e. The van der Waals surface area contributed by atoms with Gasteiger partial charge in [0.2, 0.25) is 5.91 Å². The number of aryl methyl sites for hydroxylation is 2. The monoisotopic (exact) mass is 403 g/mol. The van der Waals surface area contributed by atoms with Crippen molar-refractivity contribution in [3.8, 4) is 0 Å². The third kappa shape index (κ3) is 3.35. The number of hydrogen-bond acceptors (Lipinski definition) is 5. The Hall–Kier alpha value is -2.19. The Morgan fingerprint density at radius 2 is 2.11 bits per heavy atom. The molecule has 4 rings (SSSR count). The summed E-state index contributed by atoms with van der Waals surface area (Å²) in [6.45, 7) is 5.88. The highest BCUT2D eigenvalue weighted by Gasteiger charge is 2.43. The van der Waals surface area contributed by atoms with E-state index in [0.717, 1.165) is 33.8 Å². The Balaban J connectivity index is 1.40. The van der Waals surface area contributed by atoms with Crippen LogP contribution in [0.5, 0.6) is 0 Å². The first kappa shape index (κ1) is 19.1. The van der Waals surface area contributed by atoms with Crippen LogP contribution in [0.2, 0.25) is 0 Å². The van der Waals surface area contributed by atoms with Gasteiger partial charge in [-0.25, -0.2) is 4.79 Å². The molecule has 0 aliphatic carbocycles. The molecule has 1 amide bonds. The van der Waals surface area contributed by atoms with Crippen molar-refractivity contribution in [2.45, 2.75) is 51.6 Å². The molecule has 2 aromatic rings. The Bertz CT molecular complexity index is 909. The van der Waals surface area contributed by atoms with Crippen molar-refractivity contribution in [2.24, 2.45) is 0 Å². The molecule has 2 aromatic heterocycles. The Morgan fingerprint density at radius 3 is 2.75 bits per heavy atom. The second-order valence-electron chi connectivity index (χ2n) is 7.66. The number of fused-ring (bicyclic) bond motifs is 2. The molecule has 8 heteroatoms. The van der Waals surface area contributed by atoms with E-state index in [2.05, 4.69) is 10.2 Å². The Morgan fingerprint density at radius 1 is 1.36 bits per heavy atom. The molecular formula is C20H25N3O4S. The highest BCUT2D eigenvalue weighted by Crippen LogP contribution is 2.45. The maximum Gasteiger partial charge on any atom is 0.345 e. The minimum atomic E-state index is -0.883. The number of aromatic amines is 1. The number of H-pyrrole nitrogens is 1. The molecule has 28 heavy (non-hydrogen) atoms. The number of carboxylic acid groups (broad SMARTS) is 1. The fourth-order valence-corrected chi connectivity index (χ4v) is 5.43. The second kappa shape index (κ2) is 7.33. The van der Waals surface area contributed by atoms with Crippen LogP contribution in [0.4, 0.5) is 0 Å². The van der Waals surface area contributed by atoms with Gasteiger partial charge >= 0.3 is 5.97 Å². The number of amides is 1. The molecule has 0 aromatic carbocycles. The number of carboxylic acids is 1. The predicted molar refractivity (Wildman–Crippen MR) is 105 cm³/mol. The third-order valence-electron chi connectivity index (χ3n) is 6.04. The SMILES string of the molecule is Cc1[nH]nc(CCC(=O)N2CCC3(CC2)OCCc2cc(C(=O)O)sc23)c1C. The molecule has 2 aliphatic heterocycles. The van der Waals surface area contributed by atoms with Crippen molar-refractivity contribution in [3.05, 3.63) is 38.3 Å². The molecule has 1 saturated heterocycles.